The van der Waals surface area contributed by atoms with Gasteiger partial charge < -0.3 is 23.4 Å². The zero-order valence-electron chi connectivity index (χ0n) is 18.5. The number of rotatable bonds is 6. The number of carbonyl (C=O) groups is 1. The highest BCUT2D eigenvalue weighted by atomic mass is 16.5. The fraction of sp³-hybridized carbons (Fsp3) is 0.320. The summed E-state index contributed by atoms with van der Waals surface area (Å²) in [4.78, 5) is 14.7. The molecule has 4 rings (SSSR count). The third kappa shape index (κ3) is 4.24. The molecule has 0 unspecified atom stereocenters. The monoisotopic (exact) mass is 420 g/mol. The van der Waals surface area contributed by atoms with Crippen LogP contribution in [0, 0.1) is 13.8 Å². The lowest BCUT2D eigenvalue weighted by molar-refractivity contribution is -0.126. The number of aromatic nitrogens is 1. The van der Waals surface area contributed by atoms with E-state index in [0.717, 1.165) is 40.4 Å². The molecule has 6 heteroatoms. The van der Waals surface area contributed by atoms with Gasteiger partial charge in [-0.3, -0.25) is 4.79 Å². The first-order chi connectivity index (χ1) is 15.0. The minimum Gasteiger partial charge on any atom is -0.493 e. The Balaban J connectivity index is 1.48. The van der Waals surface area contributed by atoms with Crippen LogP contribution in [0.5, 0.6) is 11.5 Å². The largest absolute Gasteiger partial charge is 0.493 e. The molecule has 0 fully saturated rings. The second-order valence-electron chi connectivity index (χ2n) is 7.81. The van der Waals surface area contributed by atoms with Gasteiger partial charge in [-0.1, -0.05) is 0 Å². The van der Waals surface area contributed by atoms with E-state index in [-0.39, 0.29) is 5.91 Å². The van der Waals surface area contributed by atoms with Gasteiger partial charge in [0.25, 0.3) is 0 Å². The van der Waals surface area contributed by atoms with Crippen molar-refractivity contribution in [2.24, 2.45) is 0 Å². The minimum atomic E-state index is 0.0104. The molecule has 0 saturated heterocycles. The SMILES string of the molecule is COc1cc2c(cc1OC)CN(C(=O)/C=C/c1cc(C)n(Cc3ccco3)c1C)CC2. The van der Waals surface area contributed by atoms with Crippen LogP contribution in [-0.4, -0.2) is 36.1 Å². The van der Waals surface area contributed by atoms with Gasteiger partial charge in [-0.25, -0.2) is 0 Å². The predicted molar refractivity (Wildman–Crippen MR) is 119 cm³/mol. The lowest BCUT2D eigenvalue weighted by Crippen LogP contribution is -2.34. The first kappa shape index (κ1) is 20.8. The van der Waals surface area contributed by atoms with Gasteiger partial charge in [0.15, 0.2) is 11.5 Å². The molecule has 1 amide bonds. The molecule has 1 aliphatic heterocycles. The van der Waals surface area contributed by atoms with Gasteiger partial charge in [-0.05, 0) is 73.4 Å². The van der Waals surface area contributed by atoms with Crippen molar-refractivity contribution in [1.82, 2.24) is 9.47 Å². The van der Waals surface area contributed by atoms with Crippen LogP contribution >= 0.6 is 0 Å². The highest BCUT2D eigenvalue weighted by Gasteiger charge is 2.22. The Morgan fingerprint density at radius 1 is 1.13 bits per heavy atom. The molecule has 2 aromatic heterocycles. The van der Waals surface area contributed by atoms with Crippen molar-refractivity contribution >= 4 is 12.0 Å². The van der Waals surface area contributed by atoms with E-state index in [4.69, 9.17) is 13.9 Å². The number of furan rings is 1. The topological polar surface area (TPSA) is 56.8 Å². The van der Waals surface area contributed by atoms with Gasteiger partial charge in [-0.2, -0.15) is 0 Å². The van der Waals surface area contributed by atoms with Gasteiger partial charge in [0.2, 0.25) is 5.91 Å². The number of ether oxygens (including phenoxy) is 2. The molecule has 1 aromatic carbocycles. The van der Waals surface area contributed by atoms with E-state index < -0.39 is 0 Å². The van der Waals surface area contributed by atoms with E-state index in [9.17, 15) is 4.79 Å². The molecular formula is C25H28N2O4. The molecule has 1 aliphatic rings. The number of fused-ring (bicyclic) bond motifs is 1. The quantitative estimate of drug-likeness (QED) is 0.556. The Bertz CT molecular complexity index is 1110. The summed E-state index contributed by atoms with van der Waals surface area (Å²) in [5, 5.41) is 0. The maximum atomic E-state index is 12.9. The maximum Gasteiger partial charge on any atom is 0.246 e. The minimum absolute atomic E-state index is 0.0104. The molecule has 0 radical (unpaired) electrons. The summed E-state index contributed by atoms with van der Waals surface area (Å²) >= 11 is 0. The van der Waals surface area contributed by atoms with Crippen LogP contribution in [0.2, 0.25) is 0 Å². The molecule has 3 heterocycles. The van der Waals surface area contributed by atoms with E-state index in [1.165, 1.54) is 5.56 Å². The van der Waals surface area contributed by atoms with Crippen molar-refractivity contribution in [3.05, 3.63) is 76.5 Å². The van der Waals surface area contributed by atoms with Crippen LogP contribution < -0.4 is 9.47 Å². The highest BCUT2D eigenvalue weighted by molar-refractivity contribution is 5.92. The van der Waals surface area contributed by atoms with Gasteiger partial charge in [0, 0.05) is 30.6 Å². The summed E-state index contributed by atoms with van der Waals surface area (Å²) in [5.41, 5.74) is 5.59. The fourth-order valence-corrected chi connectivity index (χ4v) is 4.14. The molecule has 3 aromatic rings. The molecule has 0 saturated carbocycles. The molecule has 31 heavy (non-hydrogen) atoms. The predicted octanol–water partition coefficient (Wildman–Crippen LogP) is 4.36. The Morgan fingerprint density at radius 2 is 1.87 bits per heavy atom. The van der Waals surface area contributed by atoms with E-state index in [0.29, 0.717) is 25.4 Å². The number of benzene rings is 1. The highest BCUT2D eigenvalue weighted by Crippen LogP contribution is 2.33. The Kier molecular flexibility index (Phi) is 5.89. The molecule has 162 valence electrons. The number of methoxy groups -OCH3 is 2. The van der Waals surface area contributed by atoms with Crippen molar-refractivity contribution in [3.63, 3.8) is 0 Å². The van der Waals surface area contributed by atoms with Crippen molar-refractivity contribution < 1.29 is 18.7 Å². The second kappa shape index (κ2) is 8.76. The Morgan fingerprint density at radius 3 is 2.55 bits per heavy atom. The summed E-state index contributed by atoms with van der Waals surface area (Å²) in [7, 11) is 3.26. The lowest BCUT2D eigenvalue weighted by Gasteiger charge is -2.28. The van der Waals surface area contributed by atoms with Crippen LogP contribution in [0.25, 0.3) is 6.08 Å². The van der Waals surface area contributed by atoms with Crippen molar-refractivity contribution in [1.29, 1.82) is 0 Å². The van der Waals surface area contributed by atoms with E-state index in [1.54, 1.807) is 26.6 Å². The molecular weight excluding hydrogens is 392 g/mol. The number of nitrogens with zero attached hydrogens (tertiary/aromatic N) is 2. The standard InChI is InChI=1S/C25H28N2O4/c1-17-12-19(18(2)27(17)16-22-6-5-11-31-22)7-8-25(28)26-10-9-20-13-23(29-3)24(30-4)14-21(20)15-26/h5-8,11-14H,9-10,15-16H2,1-4H3/b8-7+. The Labute approximate surface area is 182 Å². The number of hydrogen-bond acceptors (Lipinski definition) is 4. The fourth-order valence-electron chi connectivity index (χ4n) is 4.14. The van der Waals surface area contributed by atoms with Crippen LogP contribution in [0.4, 0.5) is 0 Å². The van der Waals surface area contributed by atoms with Gasteiger partial charge in [-0.15, -0.1) is 0 Å². The van der Waals surface area contributed by atoms with Crippen LogP contribution in [0.1, 0.15) is 33.8 Å². The summed E-state index contributed by atoms with van der Waals surface area (Å²) in [5.74, 6) is 2.34. The van der Waals surface area contributed by atoms with Crippen LogP contribution in [0.15, 0.2) is 47.1 Å². The summed E-state index contributed by atoms with van der Waals surface area (Å²) < 4.78 is 18.5. The average molecular weight is 421 g/mol. The molecule has 0 bridgehead atoms. The van der Waals surface area contributed by atoms with Crippen LogP contribution in [0.3, 0.4) is 0 Å². The van der Waals surface area contributed by atoms with Crippen molar-refractivity contribution in [2.45, 2.75) is 33.4 Å². The molecule has 0 aliphatic carbocycles. The number of aryl methyl sites for hydroxylation is 1. The van der Waals surface area contributed by atoms with E-state index >= 15 is 0 Å². The summed E-state index contributed by atoms with van der Waals surface area (Å²) in [6.07, 6.45) is 6.07. The van der Waals surface area contributed by atoms with Gasteiger partial charge in [0.1, 0.15) is 5.76 Å². The van der Waals surface area contributed by atoms with Crippen molar-refractivity contribution in [3.8, 4) is 11.5 Å². The molecule has 0 atom stereocenters. The molecule has 6 nitrogen and oxygen atoms in total. The maximum absolute atomic E-state index is 12.9. The number of amides is 1. The van der Waals surface area contributed by atoms with E-state index in [1.807, 2.05) is 35.2 Å². The molecule has 0 N–H and O–H groups in total. The van der Waals surface area contributed by atoms with Crippen LogP contribution in [-0.2, 0) is 24.3 Å². The first-order valence-electron chi connectivity index (χ1n) is 10.4. The van der Waals surface area contributed by atoms with Gasteiger partial charge in [0.05, 0.1) is 27.0 Å². The zero-order valence-corrected chi connectivity index (χ0v) is 18.5. The van der Waals surface area contributed by atoms with E-state index in [2.05, 4.69) is 24.5 Å². The first-order valence-corrected chi connectivity index (χ1v) is 10.4. The third-order valence-corrected chi connectivity index (χ3v) is 5.94. The Hall–Kier alpha value is -3.41. The average Bonchev–Trinajstić information content (AvgIpc) is 3.39. The third-order valence-electron chi connectivity index (χ3n) is 5.94. The smallest absolute Gasteiger partial charge is 0.246 e. The van der Waals surface area contributed by atoms with Gasteiger partial charge >= 0.3 is 0 Å². The normalized spacial score (nSPS) is 13.5. The summed E-state index contributed by atoms with van der Waals surface area (Å²) in [6.45, 7) is 6.06. The number of hydrogen-bond donors (Lipinski definition) is 0. The second-order valence-corrected chi connectivity index (χ2v) is 7.81. The van der Waals surface area contributed by atoms with Crippen molar-refractivity contribution in [2.75, 3.05) is 20.8 Å². The molecule has 0 spiro atoms. The lowest BCUT2D eigenvalue weighted by atomic mass is 9.98. The number of carbonyl (C=O) groups excluding carboxylic acids is 1. The zero-order chi connectivity index (χ0) is 22.0. The summed E-state index contributed by atoms with van der Waals surface area (Å²) in [6, 6.07) is 9.95.